The third kappa shape index (κ3) is 2.26. The number of carbonyl (C=O) groups is 1. The second-order valence-electron chi connectivity index (χ2n) is 3.56. The molecule has 2 rings (SSSR count). The van der Waals surface area contributed by atoms with Gasteiger partial charge in [-0.3, -0.25) is 4.79 Å². The van der Waals surface area contributed by atoms with Crippen molar-refractivity contribution in [1.29, 1.82) is 0 Å². The van der Waals surface area contributed by atoms with Crippen molar-refractivity contribution in [2.75, 3.05) is 6.54 Å². The van der Waals surface area contributed by atoms with Gasteiger partial charge >= 0.3 is 0 Å². The lowest BCUT2D eigenvalue weighted by Gasteiger charge is -2.07. The number of aromatic nitrogens is 1. The van der Waals surface area contributed by atoms with E-state index in [1.54, 1.807) is 6.07 Å². The lowest BCUT2D eigenvalue weighted by atomic mass is 9.99. The number of nitrogens with zero attached hydrogens (tertiary/aromatic N) is 1. The molecule has 1 aliphatic heterocycles. The quantitative estimate of drug-likeness (QED) is 0.781. The first kappa shape index (κ1) is 10.4. The van der Waals surface area contributed by atoms with E-state index in [1.807, 2.05) is 0 Å². The summed E-state index contributed by atoms with van der Waals surface area (Å²) in [4.78, 5) is 14.8. The number of pyridine rings is 1. The van der Waals surface area contributed by atoms with Crippen molar-refractivity contribution in [2.24, 2.45) is 5.92 Å². The maximum Gasteiger partial charge on any atom is 0.223 e. The highest BCUT2D eigenvalue weighted by atomic mass is 35.5. The Hall–Kier alpha value is -1.16. The van der Waals surface area contributed by atoms with E-state index in [0.29, 0.717) is 18.5 Å². The van der Waals surface area contributed by atoms with Crippen LogP contribution in [-0.2, 0) is 11.2 Å². The number of amides is 1. The Labute approximate surface area is 91.7 Å². The third-order valence-electron chi connectivity index (χ3n) is 2.52. The summed E-state index contributed by atoms with van der Waals surface area (Å²) in [5, 5.41) is 2.84. The van der Waals surface area contributed by atoms with Gasteiger partial charge in [0.25, 0.3) is 0 Å². The second kappa shape index (κ2) is 4.14. The van der Waals surface area contributed by atoms with Crippen molar-refractivity contribution in [3.63, 3.8) is 0 Å². The van der Waals surface area contributed by atoms with E-state index in [4.69, 9.17) is 11.6 Å². The van der Waals surface area contributed by atoms with Crippen molar-refractivity contribution in [1.82, 2.24) is 10.3 Å². The number of rotatable bonds is 2. The molecule has 0 saturated carbocycles. The van der Waals surface area contributed by atoms with Gasteiger partial charge in [0.05, 0.1) is 0 Å². The lowest BCUT2D eigenvalue weighted by Crippen LogP contribution is -2.20. The first-order valence-electron chi connectivity index (χ1n) is 4.75. The fraction of sp³-hybridized carbons (Fsp3) is 0.400. The number of hydrogen-bond acceptors (Lipinski definition) is 2. The van der Waals surface area contributed by atoms with Crippen molar-refractivity contribution < 1.29 is 9.18 Å². The van der Waals surface area contributed by atoms with Crippen LogP contribution in [0.4, 0.5) is 4.39 Å². The molecule has 1 aliphatic rings. The summed E-state index contributed by atoms with van der Waals surface area (Å²) in [5.74, 6) is -0.728. The minimum absolute atomic E-state index is 0.00986. The normalized spacial score (nSPS) is 20.4. The summed E-state index contributed by atoms with van der Waals surface area (Å²) in [5.41, 5.74) is 0.446. The SMILES string of the molecule is O=C1NCCC1Cc1ccc(Cl)nc1F. The summed E-state index contributed by atoms with van der Waals surface area (Å²) < 4.78 is 13.3. The zero-order valence-corrected chi connectivity index (χ0v) is 8.72. The minimum Gasteiger partial charge on any atom is -0.356 e. The Morgan fingerprint density at radius 2 is 2.40 bits per heavy atom. The molecule has 1 aromatic heterocycles. The number of halogens is 2. The maximum absolute atomic E-state index is 13.3. The predicted molar refractivity (Wildman–Crippen MR) is 54.0 cm³/mol. The molecule has 0 radical (unpaired) electrons. The molecule has 5 heteroatoms. The Morgan fingerprint density at radius 3 is 3.00 bits per heavy atom. The van der Waals surface area contributed by atoms with Gasteiger partial charge in [-0.1, -0.05) is 17.7 Å². The highest BCUT2D eigenvalue weighted by molar-refractivity contribution is 6.29. The number of carbonyl (C=O) groups excluding carboxylic acids is 1. The van der Waals surface area contributed by atoms with Crippen LogP contribution >= 0.6 is 11.6 Å². The fourth-order valence-corrected chi connectivity index (χ4v) is 1.84. The first-order valence-corrected chi connectivity index (χ1v) is 5.13. The highest BCUT2D eigenvalue weighted by Gasteiger charge is 2.25. The van der Waals surface area contributed by atoms with Gasteiger partial charge < -0.3 is 5.32 Å². The van der Waals surface area contributed by atoms with E-state index in [1.165, 1.54) is 6.07 Å². The lowest BCUT2D eigenvalue weighted by molar-refractivity contribution is -0.122. The van der Waals surface area contributed by atoms with E-state index in [2.05, 4.69) is 10.3 Å². The van der Waals surface area contributed by atoms with Crippen LogP contribution in [0.25, 0.3) is 0 Å². The van der Waals surface area contributed by atoms with Crippen LogP contribution in [0.3, 0.4) is 0 Å². The van der Waals surface area contributed by atoms with Crippen molar-refractivity contribution in [2.45, 2.75) is 12.8 Å². The standard InChI is InChI=1S/C10H10ClFN2O/c11-8-2-1-6(9(12)14-8)5-7-3-4-13-10(7)15/h1-2,7H,3-5H2,(H,13,15). The monoisotopic (exact) mass is 228 g/mol. The van der Waals surface area contributed by atoms with Gasteiger partial charge in [-0.05, 0) is 18.9 Å². The van der Waals surface area contributed by atoms with Crippen LogP contribution in [-0.4, -0.2) is 17.4 Å². The summed E-state index contributed by atoms with van der Waals surface area (Å²) in [6.07, 6.45) is 1.14. The van der Waals surface area contributed by atoms with E-state index >= 15 is 0 Å². The molecule has 1 fully saturated rings. The molecule has 0 spiro atoms. The summed E-state index contributed by atoms with van der Waals surface area (Å²) in [7, 11) is 0. The summed E-state index contributed by atoms with van der Waals surface area (Å²) in [6.45, 7) is 0.673. The van der Waals surface area contributed by atoms with Crippen LogP contribution in [0.5, 0.6) is 0 Å². The smallest absolute Gasteiger partial charge is 0.223 e. The van der Waals surface area contributed by atoms with Crippen LogP contribution in [0.2, 0.25) is 5.15 Å². The fourth-order valence-electron chi connectivity index (χ4n) is 1.70. The average Bonchev–Trinajstić information content (AvgIpc) is 2.57. The Morgan fingerprint density at radius 1 is 1.60 bits per heavy atom. The second-order valence-corrected chi connectivity index (χ2v) is 3.95. The predicted octanol–water partition coefficient (Wildman–Crippen LogP) is 1.55. The first-order chi connectivity index (χ1) is 7.16. The molecule has 0 aromatic carbocycles. The largest absolute Gasteiger partial charge is 0.356 e. The van der Waals surface area contributed by atoms with Crippen LogP contribution in [0, 0.1) is 11.9 Å². The molecule has 0 bridgehead atoms. The maximum atomic E-state index is 13.3. The Balaban J connectivity index is 2.13. The van der Waals surface area contributed by atoms with Gasteiger partial charge in [0, 0.05) is 18.0 Å². The van der Waals surface area contributed by atoms with Gasteiger partial charge in [-0.15, -0.1) is 0 Å². The molecule has 1 atom stereocenters. The zero-order chi connectivity index (χ0) is 10.8. The van der Waals surface area contributed by atoms with Crippen LogP contribution in [0.15, 0.2) is 12.1 Å². The van der Waals surface area contributed by atoms with Crippen molar-refractivity contribution >= 4 is 17.5 Å². The summed E-state index contributed by atoms with van der Waals surface area (Å²) in [6, 6.07) is 3.11. The third-order valence-corrected chi connectivity index (χ3v) is 2.73. The van der Waals surface area contributed by atoms with Crippen molar-refractivity contribution in [3.05, 3.63) is 28.8 Å². The van der Waals surface area contributed by atoms with E-state index in [-0.39, 0.29) is 17.0 Å². The van der Waals surface area contributed by atoms with E-state index in [9.17, 15) is 9.18 Å². The van der Waals surface area contributed by atoms with Gasteiger partial charge in [-0.25, -0.2) is 4.98 Å². The number of hydrogen-bond donors (Lipinski definition) is 1. The molecule has 1 saturated heterocycles. The molecule has 2 heterocycles. The average molecular weight is 229 g/mol. The topological polar surface area (TPSA) is 42.0 Å². The Kier molecular flexibility index (Phi) is 2.86. The Bertz CT molecular complexity index is 397. The molecular weight excluding hydrogens is 219 g/mol. The van der Waals surface area contributed by atoms with Crippen LogP contribution in [0.1, 0.15) is 12.0 Å². The molecule has 1 N–H and O–H groups in total. The molecule has 0 aliphatic carbocycles. The minimum atomic E-state index is -0.581. The molecule has 1 amide bonds. The molecule has 15 heavy (non-hydrogen) atoms. The van der Waals surface area contributed by atoms with E-state index < -0.39 is 5.95 Å². The molecular formula is C10H10ClFN2O. The van der Waals surface area contributed by atoms with Gasteiger partial charge in [0.15, 0.2) is 0 Å². The zero-order valence-electron chi connectivity index (χ0n) is 7.96. The highest BCUT2D eigenvalue weighted by Crippen LogP contribution is 2.19. The summed E-state index contributed by atoms with van der Waals surface area (Å²) >= 11 is 5.53. The van der Waals surface area contributed by atoms with Gasteiger partial charge in [0.1, 0.15) is 5.15 Å². The molecule has 1 unspecified atom stereocenters. The molecule has 1 aromatic rings. The molecule has 3 nitrogen and oxygen atoms in total. The van der Waals surface area contributed by atoms with E-state index in [0.717, 1.165) is 6.42 Å². The molecule has 80 valence electrons. The van der Waals surface area contributed by atoms with Crippen LogP contribution < -0.4 is 5.32 Å². The van der Waals surface area contributed by atoms with Crippen molar-refractivity contribution in [3.8, 4) is 0 Å². The number of nitrogens with one attached hydrogen (secondary N) is 1. The van der Waals surface area contributed by atoms with Gasteiger partial charge in [-0.2, -0.15) is 4.39 Å². The van der Waals surface area contributed by atoms with Gasteiger partial charge in [0.2, 0.25) is 11.9 Å².